The highest BCUT2D eigenvalue weighted by Gasteiger charge is 2.35. The number of hydrogen-bond donors (Lipinski definition) is 2. The third kappa shape index (κ3) is 3.31. The van der Waals surface area contributed by atoms with Crippen molar-refractivity contribution in [2.24, 2.45) is 0 Å². The Morgan fingerprint density at radius 1 is 1.26 bits per heavy atom. The molecule has 1 saturated carbocycles. The summed E-state index contributed by atoms with van der Waals surface area (Å²) in [7, 11) is 0. The molecule has 1 aliphatic rings. The van der Waals surface area contributed by atoms with Gasteiger partial charge in [-0.15, -0.1) is 0 Å². The molecule has 19 heavy (non-hydrogen) atoms. The van der Waals surface area contributed by atoms with Crippen molar-refractivity contribution in [3.05, 3.63) is 35.4 Å². The number of rotatable bonds is 4. The van der Waals surface area contributed by atoms with Crippen LogP contribution in [-0.2, 0) is 5.60 Å². The van der Waals surface area contributed by atoms with Gasteiger partial charge < -0.3 is 10.4 Å². The predicted molar refractivity (Wildman–Crippen MR) is 70.8 cm³/mol. The topological polar surface area (TPSA) is 32.3 Å². The highest BCUT2D eigenvalue weighted by Crippen LogP contribution is 2.37. The fourth-order valence-corrected chi connectivity index (χ4v) is 2.72. The Balaban J connectivity index is 2.02. The van der Waals surface area contributed by atoms with Gasteiger partial charge in [0.2, 0.25) is 0 Å². The molecule has 2 N–H and O–H groups in total. The van der Waals surface area contributed by atoms with Crippen LogP contribution in [0.2, 0.25) is 0 Å². The molecule has 0 heterocycles. The van der Waals surface area contributed by atoms with Gasteiger partial charge in [0.05, 0.1) is 5.60 Å². The molecule has 0 saturated heterocycles. The van der Waals surface area contributed by atoms with E-state index in [9.17, 15) is 13.9 Å². The first-order valence-electron chi connectivity index (χ1n) is 6.96. The summed E-state index contributed by atoms with van der Waals surface area (Å²) in [6.45, 7) is 3.10. The van der Waals surface area contributed by atoms with Gasteiger partial charge in [-0.05, 0) is 56.3 Å². The molecule has 2 nitrogen and oxygen atoms in total. The van der Waals surface area contributed by atoms with Crippen molar-refractivity contribution in [1.29, 1.82) is 0 Å². The van der Waals surface area contributed by atoms with E-state index < -0.39 is 17.2 Å². The average molecular weight is 269 g/mol. The van der Waals surface area contributed by atoms with Crippen LogP contribution in [0.15, 0.2) is 18.2 Å². The minimum absolute atomic E-state index is 0.422. The molecule has 106 valence electrons. The van der Waals surface area contributed by atoms with E-state index >= 15 is 0 Å². The Bertz CT molecular complexity index is 428. The second kappa shape index (κ2) is 5.97. The van der Waals surface area contributed by atoms with E-state index in [1.54, 1.807) is 0 Å². The standard InChI is InChI=1S/C15H21F2NO/c1-2-9-18-12-5-7-15(19,8-6-12)11-3-4-13(16)14(17)10-11/h3-4,10,12,18-19H,2,5-9H2,1H3. The average Bonchev–Trinajstić information content (AvgIpc) is 2.41. The van der Waals surface area contributed by atoms with Crippen molar-refractivity contribution in [3.8, 4) is 0 Å². The van der Waals surface area contributed by atoms with Gasteiger partial charge in [0.1, 0.15) is 0 Å². The van der Waals surface area contributed by atoms with Gasteiger partial charge in [0.15, 0.2) is 11.6 Å². The quantitative estimate of drug-likeness (QED) is 0.880. The smallest absolute Gasteiger partial charge is 0.159 e. The molecule has 0 aliphatic heterocycles. The summed E-state index contributed by atoms with van der Waals surface area (Å²) in [6.07, 6.45) is 3.97. The molecule has 0 amide bonds. The summed E-state index contributed by atoms with van der Waals surface area (Å²) in [5.74, 6) is -1.76. The molecule has 0 radical (unpaired) electrons. The van der Waals surface area contributed by atoms with Crippen molar-refractivity contribution in [2.45, 2.75) is 50.7 Å². The van der Waals surface area contributed by atoms with Gasteiger partial charge in [-0.3, -0.25) is 0 Å². The second-order valence-electron chi connectivity index (χ2n) is 5.39. The van der Waals surface area contributed by atoms with Crippen LogP contribution >= 0.6 is 0 Å². The number of nitrogens with one attached hydrogen (secondary N) is 1. The first-order valence-corrected chi connectivity index (χ1v) is 6.96. The van der Waals surface area contributed by atoms with Gasteiger partial charge >= 0.3 is 0 Å². The van der Waals surface area contributed by atoms with E-state index in [0.717, 1.165) is 37.9 Å². The molecule has 0 atom stereocenters. The Hall–Kier alpha value is -1.00. The van der Waals surface area contributed by atoms with E-state index in [-0.39, 0.29) is 0 Å². The number of aliphatic hydroxyl groups is 1. The van der Waals surface area contributed by atoms with Crippen LogP contribution < -0.4 is 5.32 Å². The van der Waals surface area contributed by atoms with Crippen LogP contribution in [0.25, 0.3) is 0 Å². The third-order valence-electron chi connectivity index (χ3n) is 3.95. The SMILES string of the molecule is CCCNC1CCC(O)(c2ccc(F)c(F)c2)CC1. The van der Waals surface area contributed by atoms with Crippen LogP contribution in [0.4, 0.5) is 8.78 Å². The zero-order chi connectivity index (χ0) is 13.9. The van der Waals surface area contributed by atoms with E-state index in [2.05, 4.69) is 12.2 Å². The monoisotopic (exact) mass is 269 g/mol. The Morgan fingerprint density at radius 2 is 1.95 bits per heavy atom. The van der Waals surface area contributed by atoms with Crippen LogP contribution in [0.5, 0.6) is 0 Å². The molecule has 1 aliphatic carbocycles. The molecule has 4 heteroatoms. The van der Waals surface area contributed by atoms with Gasteiger partial charge in [-0.2, -0.15) is 0 Å². The molecule has 0 bridgehead atoms. The molecule has 0 unspecified atom stereocenters. The summed E-state index contributed by atoms with van der Waals surface area (Å²) in [5.41, 5.74) is -0.529. The minimum atomic E-state index is -1.01. The van der Waals surface area contributed by atoms with E-state index in [1.165, 1.54) is 6.07 Å². The van der Waals surface area contributed by atoms with Crippen molar-refractivity contribution in [3.63, 3.8) is 0 Å². The van der Waals surface area contributed by atoms with Crippen LogP contribution in [0.3, 0.4) is 0 Å². The Morgan fingerprint density at radius 3 is 2.53 bits per heavy atom. The molecule has 2 rings (SSSR count). The summed E-state index contributed by atoms with van der Waals surface area (Å²) in [6, 6.07) is 4.11. The third-order valence-corrected chi connectivity index (χ3v) is 3.95. The lowest BCUT2D eigenvalue weighted by atomic mass is 9.77. The van der Waals surface area contributed by atoms with E-state index in [1.807, 2.05) is 0 Å². The molecule has 1 fully saturated rings. The number of benzene rings is 1. The fraction of sp³-hybridized carbons (Fsp3) is 0.600. The zero-order valence-electron chi connectivity index (χ0n) is 11.3. The van der Waals surface area contributed by atoms with Crippen molar-refractivity contribution < 1.29 is 13.9 Å². The number of hydrogen-bond acceptors (Lipinski definition) is 2. The molecule has 1 aromatic rings. The summed E-state index contributed by atoms with van der Waals surface area (Å²) >= 11 is 0. The van der Waals surface area contributed by atoms with Crippen molar-refractivity contribution in [2.75, 3.05) is 6.54 Å². The van der Waals surface area contributed by atoms with Crippen LogP contribution in [0.1, 0.15) is 44.6 Å². The Kier molecular flexibility index (Phi) is 4.53. The molecule has 0 spiro atoms. The lowest BCUT2D eigenvalue weighted by Gasteiger charge is -2.36. The Labute approximate surface area is 112 Å². The van der Waals surface area contributed by atoms with E-state index in [0.29, 0.717) is 24.4 Å². The summed E-state index contributed by atoms with van der Waals surface area (Å²) in [4.78, 5) is 0. The van der Waals surface area contributed by atoms with Crippen molar-refractivity contribution in [1.82, 2.24) is 5.32 Å². The lowest BCUT2D eigenvalue weighted by molar-refractivity contribution is -0.00858. The maximum absolute atomic E-state index is 13.2. The minimum Gasteiger partial charge on any atom is -0.385 e. The number of halogens is 2. The van der Waals surface area contributed by atoms with Gasteiger partial charge in [-0.25, -0.2) is 8.78 Å². The largest absolute Gasteiger partial charge is 0.385 e. The highest BCUT2D eigenvalue weighted by atomic mass is 19.2. The molecular formula is C15H21F2NO. The summed E-state index contributed by atoms with van der Waals surface area (Å²) < 4.78 is 26.2. The van der Waals surface area contributed by atoms with Gasteiger partial charge in [0.25, 0.3) is 0 Å². The van der Waals surface area contributed by atoms with Crippen LogP contribution in [-0.4, -0.2) is 17.7 Å². The highest BCUT2D eigenvalue weighted by molar-refractivity contribution is 5.25. The summed E-state index contributed by atoms with van der Waals surface area (Å²) in [5, 5.41) is 14.0. The molecular weight excluding hydrogens is 248 g/mol. The van der Waals surface area contributed by atoms with Gasteiger partial charge in [0, 0.05) is 6.04 Å². The predicted octanol–water partition coefficient (Wildman–Crippen LogP) is 3.09. The van der Waals surface area contributed by atoms with Crippen LogP contribution in [0, 0.1) is 11.6 Å². The van der Waals surface area contributed by atoms with Crippen molar-refractivity contribution >= 4 is 0 Å². The van der Waals surface area contributed by atoms with Gasteiger partial charge in [-0.1, -0.05) is 13.0 Å². The second-order valence-corrected chi connectivity index (χ2v) is 5.39. The van der Waals surface area contributed by atoms with E-state index in [4.69, 9.17) is 0 Å². The normalized spacial score (nSPS) is 27.5. The first-order chi connectivity index (χ1) is 9.05. The maximum atomic E-state index is 13.2. The first kappa shape index (κ1) is 14.4. The maximum Gasteiger partial charge on any atom is 0.159 e. The lowest BCUT2D eigenvalue weighted by Crippen LogP contribution is -2.40. The zero-order valence-corrected chi connectivity index (χ0v) is 11.3. The molecule has 0 aromatic heterocycles. The molecule has 1 aromatic carbocycles. The fourth-order valence-electron chi connectivity index (χ4n) is 2.72.